The van der Waals surface area contributed by atoms with E-state index in [2.05, 4.69) is 11.6 Å². The van der Waals surface area contributed by atoms with E-state index >= 15 is 0 Å². The molecule has 1 unspecified atom stereocenters. The molecule has 0 aromatic heterocycles. The topological polar surface area (TPSA) is 58.6 Å². The van der Waals surface area contributed by atoms with Crippen LogP contribution in [0.25, 0.3) is 0 Å². The number of hydrogen-bond donors (Lipinski definition) is 2. The van der Waals surface area contributed by atoms with Crippen molar-refractivity contribution < 1.29 is 5.11 Å². The maximum absolute atomic E-state index is 8.65. The third kappa shape index (κ3) is 2.36. The van der Waals surface area contributed by atoms with Gasteiger partial charge in [0, 0.05) is 6.20 Å². The number of hydrogen-bond acceptors (Lipinski definition) is 2. The van der Waals surface area contributed by atoms with E-state index in [4.69, 9.17) is 10.8 Å². The number of nitrogens with two attached hydrogens (primary N) is 1. The minimum atomic E-state index is -0.673. The van der Waals surface area contributed by atoms with Crippen LogP contribution in [-0.2, 0) is 0 Å². The van der Waals surface area contributed by atoms with Crippen molar-refractivity contribution in [1.82, 2.24) is 0 Å². The second-order valence-electron chi connectivity index (χ2n) is 1.41. The quantitative estimate of drug-likeness (QED) is 0.388. The molecule has 3 heteroatoms. The zero-order chi connectivity index (χ0) is 6.57. The molecule has 8 heavy (non-hydrogen) atoms. The fourth-order valence-electron chi connectivity index (χ4n) is 0.213. The monoisotopic (exact) mass is 114 g/mol. The van der Waals surface area contributed by atoms with E-state index in [0.29, 0.717) is 0 Å². The maximum Gasteiger partial charge on any atom is 0.128 e. The second kappa shape index (κ2) is 3.21. The molecule has 0 fully saturated rings. The maximum atomic E-state index is 8.65. The summed E-state index contributed by atoms with van der Waals surface area (Å²) >= 11 is 0. The molecular formula is C5H10N2O. The lowest BCUT2D eigenvalue weighted by atomic mass is 10.4. The van der Waals surface area contributed by atoms with E-state index < -0.39 is 6.10 Å². The van der Waals surface area contributed by atoms with Gasteiger partial charge in [0.2, 0.25) is 0 Å². The van der Waals surface area contributed by atoms with Gasteiger partial charge < -0.3 is 10.8 Å². The number of aliphatic hydroxyl groups excluding tert-OH is 1. The number of nitrogens with zero attached hydrogens (tertiary/aromatic N) is 1. The van der Waals surface area contributed by atoms with Crippen LogP contribution >= 0.6 is 0 Å². The Morgan fingerprint density at radius 3 is 2.62 bits per heavy atom. The third-order valence-electron chi connectivity index (χ3n) is 0.668. The Morgan fingerprint density at radius 1 is 2.00 bits per heavy atom. The van der Waals surface area contributed by atoms with Crippen molar-refractivity contribution in [1.29, 1.82) is 0 Å². The van der Waals surface area contributed by atoms with Gasteiger partial charge in [-0.2, -0.15) is 0 Å². The molecule has 0 aliphatic rings. The van der Waals surface area contributed by atoms with E-state index in [-0.39, 0.29) is 5.84 Å². The van der Waals surface area contributed by atoms with Crippen LogP contribution in [0.5, 0.6) is 0 Å². The molecule has 0 aliphatic carbocycles. The van der Waals surface area contributed by atoms with Crippen molar-refractivity contribution in [2.45, 2.75) is 13.0 Å². The average Bonchev–Trinajstić information content (AvgIpc) is 1.67. The van der Waals surface area contributed by atoms with Gasteiger partial charge in [0.15, 0.2) is 0 Å². The minimum Gasteiger partial charge on any atom is -0.385 e. The Labute approximate surface area is 48.5 Å². The van der Waals surface area contributed by atoms with E-state index in [1.54, 1.807) is 6.92 Å². The predicted molar refractivity (Wildman–Crippen MR) is 33.5 cm³/mol. The van der Waals surface area contributed by atoms with Gasteiger partial charge in [0.05, 0.1) is 0 Å². The Bertz CT molecular complexity index is 107. The van der Waals surface area contributed by atoms with Gasteiger partial charge in [-0.05, 0) is 6.92 Å². The molecule has 0 spiro atoms. The molecule has 0 saturated carbocycles. The molecule has 0 rings (SSSR count). The lowest BCUT2D eigenvalue weighted by Gasteiger charge is -1.98. The van der Waals surface area contributed by atoms with Crippen molar-refractivity contribution in [2.24, 2.45) is 10.7 Å². The lowest BCUT2D eigenvalue weighted by Crippen LogP contribution is -2.25. The summed E-state index contributed by atoms with van der Waals surface area (Å²) < 4.78 is 0. The summed E-state index contributed by atoms with van der Waals surface area (Å²) in [5.41, 5.74) is 5.16. The first-order chi connectivity index (χ1) is 3.68. The fourth-order valence-corrected chi connectivity index (χ4v) is 0.213. The van der Waals surface area contributed by atoms with E-state index in [9.17, 15) is 0 Å². The van der Waals surface area contributed by atoms with Crippen LogP contribution in [0.2, 0.25) is 0 Å². The summed E-state index contributed by atoms with van der Waals surface area (Å²) in [7, 11) is 0. The molecule has 3 N–H and O–H groups in total. The highest BCUT2D eigenvalue weighted by Crippen LogP contribution is 1.79. The van der Waals surface area contributed by atoms with E-state index in [0.717, 1.165) is 0 Å². The number of amidine groups is 1. The summed E-state index contributed by atoms with van der Waals surface area (Å²) in [6.45, 7) is 4.85. The Morgan fingerprint density at radius 2 is 2.50 bits per heavy atom. The van der Waals surface area contributed by atoms with Gasteiger partial charge in [-0.1, -0.05) is 6.58 Å². The molecule has 0 aliphatic heterocycles. The fraction of sp³-hybridized carbons (Fsp3) is 0.400. The van der Waals surface area contributed by atoms with Crippen LogP contribution in [0.1, 0.15) is 6.92 Å². The number of aliphatic hydroxyl groups is 1. The van der Waals surface area contributed by atoms with Gasteiger partial charge in [-0.3, -0.25) is 0 Å². The number of rotatable bonds is 2. The van der Waals surface area contributed by atoms with Crippen molar-refractivity contribution >= 4 is 5.84 Å². The van der Waals surface area contributed by atoms with Gasteiger partial charge in [0.25, 0.3) is 0 Å². The van der Waals surface area contributed by atoms with Gasteiger partial charge in [-0.15, -0.1) is 0 Å². The highest BCUT2D eigenvalue weighted by molar-refractivity contribution is 5.84. The van der Waals surface area contributed by atoms with Crippen LogP contribution in [0, 0.1) is 0 Å². The molecule has 0 saturated heterocycles. The summed E-state index contributed by atoms with van der Waals surface area (Å²) in [5.74, 6) is 0.194. The van der Waals surface area contributed by atoms with Crippen LogP contribution < -0.4 is 5.73 Å². The molecule has 0 bridgehead atoms. The Kier molecular flexibility index (Phi) is 2.88. The zero-order valence-corrected chi connectivity index (χ0v) is 4.83. The second-order valence-corrected chi connectivity index (χ2v) is 1.41. The van der Waals surface area contributed by atoms with Crippen LogP contribution in [0.3, 0.4) is 0 Å². The van der Waals surface area contributed by atoms with E-state index in [1.165, 1.54) is 6.20 Å². The predicted octanol–water partition coefficient (Wildman–Crippen LogP) is -0.132. The van der Waals surface area contributed by atoms with Crippen molar-refractivity contribution in [3.63, 3.8) is 0 Å². The highest BCUT2D eigenvalue weighted by atomic mass is 16.3. The Hall–Kier alpha value is -0.830. The largest absolute Gasteiger partial charge is 0.385 e. The van der Waals surface area contributed by atoms with E-state index in [1.807, 2.05) is 0 Å². The zero-order valence-electron chi connectivity index (χ0n) is 4.83. The molecule has 46 valence electrons. The van der Waals surface area contributed by atoms with Crippen molar-refractivity contribution in [3.05, 3.63) is 12.8 Å². The van der Waals surface area contributed by atoms with Gasteiger partial charge >= 0.3 is 0 Å². The Balaban J connectivity index is 3.78. The summed E-state index contributed by atoms with van der Waals surface area (Å²) in [5, 5.41) is 8.65. The summed E-state index contributed by atoms with van der Waals surface area (Å²) in [4.78, 5) is 3.53. The van der Waals surface area contributed by atoms with Crippen LogP contribution in [0.4, 0.5) is 0 Å². The molecule has 0 aromatic carbocycles. The lowest BCUT2D eigenvalue weighted by molar-refractivity contribution is 0.261. The molecule has 0 amide bonds. The first kappa shape index (κ1) is 7.17. The first-order valence-corrected chi connectivity index (χ1v) is 2.30. The molecule has 3 nitrogen and oxygen atoms in total. The molecule has 1 atom stereocenters. The minimum absolute atomic E-state index is 0.194. The SMILES string of the molecule is C=CN=C(N)C(C)O. The summed E-state index contributed by atoms with van der Waals surface area (Å²) in [6.07, 6.45) is 0.621. The normalized spacial score (nSPS) is 15.5. The highest BCUT2D eigenvalue weighted by Gasteiger charge is 1.96. The molecule has 0 heterocycles. The average molecular weight is 114 g/mol. The van der Waals surface area contributed by atoms with Crippen LogP contribution in [-0.4, -0.2) is 17.0 Å². The van der Waals surface area contributed by atoms with Crippen LogP contribution in [0.15, 0.2) is 17.8 Å². The number of aliphatic imine (C=N–C) groups is 1. The standard InChI is InChI=1S/C5H10N2O/c1-3-7-5(6)4(2)8/h3-4,8H,1H2,2H3,(H2,6,7). The third-order valence-corrected chi connectivity index (χ3v) is 0.668. The van der Waals surface area contributed by atoms with Gasteiger partial charge in [0.1, 0.15) is 11.9 Å². The summed E-state index contributed by atoms with van der Waals surface area (Å²) in [6, 6.07) is 0. The first-order valence-electron chi connectivity index (χ1n) is 2.30. The van der Waals surface area contributed by atoms with Gasteiger partial charge in [-0.25, -0.2) is 4.99 Å². The molecule has 0 aromatic rings. The molecular weight excluding hydrogens is 104 g/mol. The molecule has 0 radical (unpaired) electrons. The van der Waals surface area contributed by atoms with Crippen molar-refractivity contribution in [2.75, 3.05) is 0 Å². The smallest absolute Gasteiger partial charge is 0.128 e. The van der Waals surface area contributed by atoms with Crippen molar-refractivity contribution in [3.8, 4) is 0 Å².